The molecule has 0 radical (unpaired) electrons. The highest BCUT2D eigenvalue weighted by molar-refractivity contribution is 5.94. The van der Waals surface area contributed by atoms with E-state index in [-0.39, 0.29) is 12.0 Å². The first-order chi connectivity index (χ1) is 8.66. The fourth-order valence-corrected chi connectivity index (χ4v) is 2.08. The zero-order valence-electron chi connectivity index (χ0n) is 10.9. The van der Waals surface area contributed by atoms with Crippen LogP contribution in [0.4, 0.5) is 0 Å². The summed E-state index contributed by atoms with van der Waals surface area (Å²) in [5, 5.41) is 0. The highest BCUT2D eigenvalue weighted by atomic mass is 16.5. The van der Waals surface area contributed by atoms with E-state index in [1.807, 2.05) is 49.1 Å². The van der Waals surface area contributed by atoms with E-state index in [9.17, 15) is 4.79 Å². The number of allylic oxidation sites excluding steroid dienone is 1. The van der Waals surface area contributed by atoms with Gasteiger partial charge in [0.05, 0.1) is 12.7 Å². The predicted octanol–water partition coefficient (Wildman–Crippen LogP) is 2.34. The van der Waals surface area contributed by atoms with E-state index in [1.54, 1.807) is 6.08 Å². The van der Waals surface area contributed by atoms with Crippen molar-refractivity contribution in [1.29, 1.82) is 0 Å². The second kappa shape index (κ2) is 5.83. The Morgan fingerprint density at radius 2 is 2.11 bits per heavy atom. The van der Waals surface area contributed by atoms with Crippen LogP contribution in [0.15, 0.2) is 36.4 Å². The quantitative estimate of drug-likeness (QED) is 0.748. The monoisotopic (exact) mass is 245 g/mol. The van der Waals surface area contributed by atoms with Crippen molar-refractivity contribution >= 4 is 11.5 Å². The van der Waals surface area contributed by atoms with Crippen molar-refractivity contribution in [1.82, 2.24) is 4.90 Å². The molecule has 1 aromatic rings. The van der Waals surface area contributed by atoms with Crippen molar-refractivity contribution in [2.24, 2.45) is 0 Å². The molecule has 1 saturated heterocycles. The van der Waals surface area contributed by atoms with Crippen molar-refractivity contribution in [3.8, 4) is 0 Å². The lowest BCUT2D eigenvalue weighted by molar-refractivity contribution is -0.132. The molecule has 96 valence electrons. The first kappa shape index (κ1) is 12.8. The van der Waals surface area contributed by atoms with Gasteiger partial charge in [-0.1, -0.05) is 30.3 Å². The van der Waals surface area contributed by atoms with E-state index in [4.69, 9.17) is 4.74 Å². The van der Waals surface area contributed by atoms with Crippen LogP contribution in [0.1, 0.15) is 19.4 Å². The maximum absolute atomic E-state index is 12.1. The molecule has 1 aromatic carbocycles. The molecule has 18 heavy (non-hydrogen) atoms. The Balaban J connectivity index is 2.06. The molecule has 1 unspecified atom stereocenters. The van der Waals surface area contributed by atoms with Crippen LogP contribution in [0.5, 0.6) is 0 Å². The number of amides is 1. The van der Waals surface area contributed by atoms with E-state index in [2.05, 4.69) is 0 Å². The summed E-state index contributed by atoms with van der Waals surface area (Å²) in [6.07, 6.45) is 1.85. The van der Waals surface area contributed by atoms with Crippen LogP contribution >= 0.6 is 0 Å². The van der Waals surface area contributed by atoms with Crippen molar-refractivity contribution in [2.45, 2.75) is 20.0 Å². The zero-order valence-corrected chi connectivity index (χ0v) is 10.9. The van der Waals surface area contributed by atoms with Crippen LogP contribution in [0.3, 0.4) is 0 Å². The molecule has 1 fully saturated rings. The topological polar surface area (TPSA) is 29.5 Å². The molecule has 1 atom stereocenters. The van der Waals surface area contributed by atoms with Gasteiger partial charge in [0.25, 0.3) is 0 Å². The van der Waals surface area contributed by atoms with Crippen molar-refractivity contribution < 1.29 is 9.53 Å². The Morgan fingerprint density at radius 3 is 2.78 bits per heavy atom. The van der Waals surface area contributed by atoms with Crippen LogP contribution in [0.2, 0.25) is 0 Å². The van der Waals surface area contributed by atoms with Gasteiger partial charge in [-0.05, 0) is 25.0 Å². The van der Waals surface area contributed by atoms with E-state index in [0.717, 1.165) is 11.1 Å². The maximum atomic E-state index is 12.1. The summed E-state index contributed by atoms with van der Waals surface area (Å²) in [5.41, 5.74) is 2.09. The Labute approximate surface area is 108 Å². The number of carbonyl (C=O) groups is 1. The standard InChI is InChI=1S/C15H19NO2/c1-12(14-6-4-3-5-7-14)10-15(17)16-8-9-18-13(2)11-16/h3-7,10,13H,8-9,11H2,1-2H3/b12-10+. The minimum Gasteiger partial charge on any atom is -0.375 e. The Hall–Kier alpha value is -1.61. The van der Waals surface area contributed by atoms with Crippen LogP contribution in [0.25, 0.3) is 5.57 Å². The molecule has 0 aromatic heterocycles. The summed E-state index contributed by atoms with van der Waals surface area (Å²) in [4.78, 5) is 14.0. The fraction of sp³-hybridized carbons (Fsp3) is 0.400. The summed E-state index contributed by atoms with van der Waals surface area (Å²) in [6.45, 7) is 5.95. The van der Waals surface area contributed by atoms with E-state index >= 15 is 0 Å². The largest absolute Gasteiger partial charge is 0.375 e. The van der Waals surface area contributed by atoms with E-state index in [1.165, 1.54) is 0 Å². The molecule has 1 aliphatic rings. The average molecular weight is 245 g/mol. The molecule has 0 spiro atoms. The number of nitrogens with zero attached hydrogens (tertiary/aromatic N) is 1. The van der Waals surface area contributed by atoms with Gasteiger partial charge in [-0.2, -0.15) is 0 Å². The predicted molar refractivity (Wildman–Crippen MR) is 72.1 cm³/mol. The molecule has 2 rings (SSSR count). The normalized spacial score (nSPS) is 20.9. The minimum atomic E-state index is 0.0755. The fourth-order valence-electron chi connectivity index (χ4n) is 2.08. The highest BCUT2D eigenvalue weighted by Gasteiger charge is 2.19. The van der Waals surface area contributed by atoms with Gasteiger partial charge in [0.2, 0.25) is 5.91 Å². The van der Waals surface area contributed by atoms with Gasteiger partial charge in [-0.25, -0.2) is 0 Å². The highest BCUT2D eigenvalue weighted by Crippen LogP contribution is 2.14. The van der Waals surface area contributed by atoms with Gasteiger partial charge in [0, 0.05) is 19.2 Å². The number of morpholine rings is 1. The molecule has 0 bridgehead atoms. The average Bonchev–Trinajstić information content (AvgIpc) is 2.39. The first-order valence-corrected chi connectivity index (χ1v) is 6.31. The Bertz CT molecular complexity index is 439. The Morgan fingerprint density at radius 1 is 1.39 bits per heavy atom. The lowest BCUT2D eigenvalue weighted by Gasteiger charge is -2.30. The minimum absolute atomic E-state index is 0.0755. The van der Waals surface area contributed by atoms with Gasteiger partial charge in [-0.3, -0.25) is 4.79 Å². The summed E-state index contributed by atoms with van der Waals surface area (Å²) in [7, 11) is 0. The lowest BCUT2D eigenvalue weighted by Crippen LogP contribution is -2.43. The third kappa shape index (κ3) is 3.20. The van der Waals surface area contributed by atoms with Crippen molar-refractivity contribution in [3.63, 3.8) is 0 Å². The van der Waals surface area contributed by atoms with E-state index < -0.39 is 0 Å². The van der Waals surface area contributed by atoms with Crippen LogP contribution in [-0.2, 0) is 9.53 Å². The molecule has 0 N–H and O–H groups in total. The van der Waals surface area contributed by atoms with E-state index in [0.29, 0.717) is 19.7 Å². The molecular weight excluding hydrogens is 226 g/mol. The van der Waals surface area contributed by atoms with Crippen LogP contribution < -0.4 is 0 Å². The number of benzene rings is 1. The van der Waals surface area contributed by atoms with Gasteiger partial charge >= 0.3 is 0 Å². The molecule has 0 aliphatic carbocycles. The third-order valence-electron chi connectivity index (χ3n) is 3.12. The molecular formula is C15H19NO2. The van der Waals surface area contributed by atoms with Crippen molar-refractivity contribution in [2.75, 3.05) is 19.7 Å². The zero-order chi connectivity index (χ0) is 13.0. The number of hydrogen-bond acceptors (Lipinski definition) is 2. The Kier molecular flexibility index (Phi) is 4.15. The molecule has 3 heteroatoms. The second-order valence-corrected chi connectivity index (χ2v) is 4.66. The number of ether oxygens (including phenoxy) is 1. The van der Waals surface area contributed by atoms with Crippen LogP contribution in [-0.4, -0.2) is 36.6 Å². The number of hydrogen-bond donors (Lipinski definition) is 0. The SMILES string of the molecule is C/C(=C\C(=O)N1CCOC(C)C1)c1ccccc1. The van der Waals surface area contributed by atoms with Crippen molar-refractivity contribution in [3.05, 3.63) is 42.0 Å². The summed E-state index contributed by atoms with van der Waals surface area (Å²) < 4.78 is 5.43. The smallest absolute Gasteiger partial charge is 0.247 e. The van der Waals surface area contributed by atoms with Gasteiger partial charge in [0.1, 0.15) is 0 Å². The number of carbonyl (C=O) groups excluding carboxylic acids is 1. The van der Waals surface area contributed by atoms with Gasteiger partial charge in [-0.15, -0.1) is 0 Å². The van der Waals surface area contributed by atoms with Crippen LogP contribution in [0, 0.1) is 0 Å². The van der Waals surface area contributed by atoms with Gasteiger partial charge in [0.15, 0.2) is 0 Å². The van der Waals surface area contributed by atoms with Gasteiger partial charge < -0.3 is 9.64 Å². The molecule has 1 amide bonds. The third-order valence-corrected chi connectivity index (χ3v) is 3.12. The summed E-state index contributed by atoms with van der Waals surface area (Å²) >= 11 is 0. The molecule has 3 nitrogen and oxygen atoms in total. The first-order valence-electron chi connectivity index (χ1n) is 6.31. The summed E-state index contributed by atoms with van der Waals surface area (Å²) in [5.74, 6) is 0.0755. The molecule has 1 heterocycles. The summed E-state index contributed by atoms with van der Waals surface area (Å²) in [6, 6.07) is 9.96. The molecule has 0 saturated carbocycles. The lowest BCUT2D eigenvalue weighted by atomic mass is 10.1. The second-order valence-electron chi connectivity index (χ2n) is 4.66. The molecule has 1 aliphatic heterocycles. The number of rotatable bonds is 2. The maximum Gasteiger partial charge on any atom is 0.247 e.